The van der Waals surface area contributed by atoms with Crippen LogP contribution in [0.4, 0.5) is 0 Å². The fourth-order valence-electron chi connectivity index (χ4n) is 5.46. The lowest BCUT2D eigenvalue weighted by Gasteiger charge is -2.29. The second kappa shape index (κ2) is 30.7. The van der Waals surface area contributed by atoms with Crippen LogP contribution >= 0.6 is 0 Å². The second-order valence-corrected chi connectivity index (χ2v) is 15.6. The zero-order valence-corrected chi connectivity index (χ0v) is 27.5. The normalized spacial score (nSPS) is 12.0. The van der Waals surface area contributed by atoms with Crippen LogP contribution in [0, 0.1) is 0 Å². The number of rotatable bonds is 32. The Bertz CT molecular complexity index is 377. The molecule has 0 radical (unpaired) electrons. The fourth-order valence-corrected chi connectivity index (χ4v) is 7.89. The maximum atomic E-state index is 6.46. The zero-order valence-electron chi connectivity index (χ0n) is 26.5. The third-order valence-electron chi connectivity index (χ3n) is 8.30. The molecule has 0 atom stereocenters. The molecule has 224 valence electrons. The molecule has 0 spiro atoms. The lowest BCUT2D eigenvalue weighted by Crippen LogP contribution is -2.41. The molecule has 0 saturated heterocycles. The Morgan fingerprint density at radius 1 is 0.297 bits per heavy atom. The van der Waals surface area contributed by atoms with E-state index in [0.29, 0.717) is 0 Å². The van der Waals surface area contributed by atoms with Gasteiger partial charge in [-0.25, -0.2) is 0 Å². The van der Waals surface area contributed by atoms with Gasteiger partial charge in [0.25, 0.3) is 0 Å². The summed E-state index contributed by atoms with van der Waals surface area (Å²) >= 11 is 0. The first-order valence-corrected chi connectivity index (χ1v) is 19.8. The third kappa shape index (κ3) is 26.1. The van der Waals surface area contributed by atoms with Crippen LogP contribution in [0.25, 0.3) is 0 Å². The summed E-state index contributed by atoms with van der Waals surface area (Å²) in [5.41, 5.74) is 0. The first-order chi connectivity index (χ1) is 18.2. The van der Waals surface area contributed by atoms with E-state index in [0.717, 1.165) is 25.3 Å². The maximum absolute atomic E-state index is 6.46. The lowest BCUT2D eigenvalue weighted by molar-refractivity contribution is 0.163. The molecule has 0 aliphatic rings. The molecule has 0 bridgehead atoms. The summed E-state index contributed by atoms with van der Waals surface area (Å²) < 4.78 is 12.9. The van der Waals surface area contributed by atoms with Crippen molar-refractivity contribution in [3.63, 3.8) is 0 Å². The summed E-state index contributed by atoms with van der Waals surface area (Å²) in [6, 6.07) is 2.20. The highest BCUT2D eigenvalue weighted by Gasteiger charge is 2.33. The highest BCUT2D eigenvalue weighted by Crippen LogP contribution is 2.21. The molecule has 37 heavy (non-hydrogen) atoms. The summed E-state index contributed by atoms with van der Waals surface area (Å²) in [6.07, 6.45) is 36.5. The van der Waals surface area contributed by atoms with Crippen LogP contribution in [0.3, 0.4) is 0 Å². The molecule has 0 heterocycles. The van der Waals surface area contributed by atoms with E-state index in [9.17, 15) is 0 Å². The van der Waals surface area contributed by atoms with Gasteiger partial charge in [0.05, 0.1) is 0 Å². The molecule has 0 aromatic rings. The predicted molar refractivity (Wildman–Crippen MR) is 170 cm³/mol. The van der Waals surface area contributed by atoms with E-state index in [-0.39, 0.29) is 0 Å². The van der Waals surface area contributed by atoms with E-state index >= 15 is 0 Å². The summed E-state index contributed by atoms with van der Waals surface area (Å²) in [7, 11) is -1.95. The van der Waals surface area contributed by atoms with Gasteiger partial charge >= 0.3 is 8.56 Å². The van der Waals surface area contributed by atoms with Gasteiger partial charge in [0.1, 0.15) is 0 Å². The van der Waals surface area contributed by atoms with Gasteiger partial charge in [-0.05, 0) is 24.9 Å². The van der Waals surface area contributed by atoms with Crippen LogP contribution in [0.2, 0.25) is 12.1 Å². The van der Waals surface area contributed by atoms with Crippen LogP contribution in [-0.2, 0) is 8.85 Å². The van der Waals surface area contributed by atoms with Crippen molar-refractivity contribution in [2.45, 2.75) is 207 Å². The van der Waals surface area contributed by atoms with E-state index in [4.69, 9.17) is 8.85 Å². The molecule has 0 aliphatic carbocycles. The molecule has 2 nitrogen and oxygen atoms in total. The van der Waals surface area contributed by atoms with Crippen molar-refractivity contribution in [2.24, 2.45) is 0 Å². The minimum atomic E-state index is -1.95. The molecule has 0 amide bonds. The number of hydrogen-bond acceptors (Lipinski definition) is 2. The van der Waals surface area contributed by atoms with Crippen LogP contribution in [-0.4, -0.2) is 21.8 Å². The Morgan fingerprint density at radius 2 is 0.514 bits per heavy atom. The van der Waals surface area contributed by atoms with Crippen molar-refractivity contribution in [3.8, 4) is 0 Å². The summed E-state index contributed by atoms with van der Waals surface area (Å²) in [4.78, 5) is 0. The van der Waals surface area contributed by atoms with Crippen molar-refractivity contribution in [1.82, 2.24) is 0 Å². The van der Waals surface area contributed by atoms with E-state index in [1.807, 2.05) is 0 Å². The standard InChI is InChI=1S/C34H72O2Si/c1-5-9-11-13-15-17-19-21-23-25-27-29-31-33-35-37(7-3,8-4)36-34-32-30-28-26-24-22-20-18-16-14-12-10-6-2/h5-34H2,1-4H3. The molecule has 0 fully saturated rings. The summed E-state index contributed by atoms with van der Waals surface area (Å²) in [5, 5.41) is 0. The van der Waals surface area contributed by atoms with Crippen molar-refractivity contribution >= 4 is 8.56 Å². The van der Waals surface area contributed by atoms with Gasteiger partial charge in [0.2, 0.25) is 0 Å². The summed E-state index contributed by atoms with van der Waals surface area (Å²) in [6.45, 7) is 11.0. The smallest absolute Gasteiger partial charge is 0.337 e. The van der Waals surface area contributed by atoms with Gasteiger partial charge in [0.15, 0.2) is 0 Å². The highest BCUT2D eigenvalue weighted by atomic mass is 28.4. The average molecular weight is 541 g/mol. The average Bonchev–Trinajstić information content (AvgIpc) is 2.92. The topological polar surface area (TPSA) is 18.5 Å². The van der Waals surface area contributed by atoms with Crippen molar-refractivity contribution < 1.29 is 8.85 Å². The predicted octanol–water partition coefficient (Wildman–Crippen LogP) is 12.7. The molecular weight excluding hydrogens is 468 g/mol. The Labute approximate surface area is 237 Å². The second-order valence-electron chi connectivity index (χ2n) is 11.8. The van der Waals surface area contributed by atoms with Gasteiger partial charge in [-0.3, -0.25) is 0 Å². The molecule has 0 rings (SSSR count). The summed E-state index contributed by atoms with van der Waals surface area (Å²) in [5.74, 6) is 0. The van der Waals surface area contributed by atoms with Gasteiger partial charge in [-0.15, -0.1) is 0 Å². The molecule has 0 N–H and O–H groups in total. The van der Waals surface area contributed by atoms with Crippen LogP contribution in [0.1, 0.15) is 195 Å². The Morgan fingerprint density at radius 3 is 0.730 bits per heavy atom. The van der Waals surface area contributed by atoms with Gasteiger partial charge in [0, 0.05) is 13.2 Å². The zero-order chi connectivity index (χ0) is 27.1. The van der Waals surface area contributed by atoms with Crippen LogP contribution < -0.4 is 0 Å². The van der Waals surface area contributed by atoms with E-state index < -0.39 is 8.56 Å². The largest absolute Gasteiger partial charge is 0.394 e. The van der Waals surface area contributed by atoms with Crippen LogP contribution in [0.5, 0.6) is 0 Å². The molecular formula is C34H72O2Si. The van der Waals surface area contributed by atoms with E-state index in [1.165, 1.54) is 167 Å². The molecule has 0 aromatic carbocycles. The Hall–Kier alpha value is 0.137. The monoisotopic (exact) mass is 541 g/mol. The van der Waals surface area contributed by atoms with Crippen molar-refractivity contribution in [1.29, 1.82) is 0 Å². The van der Waals surface area contributed by atoms with Crippen LogP contribution in [0.15, 0.2) is 0 Å². The molecule has 3 heteroatoms. The molecule has 0 aromatic heterocycles. The minimum Gasteiger partial charge on any atom is -0.394 e. The van der Waals surface area contributed by atoms with Crippen molar-refractivity contribution in [2.75, 3.05) is 13.2 Å². The first kappa shape index (κ1) is 37.1. The Balaban J connectivity index is 3.54. The molecule has 0 aliphatic heterocycles. The minimum absolute atomic E-state index is 0.921. The van der Waals surface area contributed by atoms with E-state index in [2.05, 4.69) is 27.7 Å². The maximum Gasteiger partial charge on any atom is 0.337 e. The van der Waals surface area contributed by atoms with Gasteiger partial charge in [-0.1, -0.05) is 182 Å². The molecule has 0 unspecified atom stereocenters. The third-order valence-corrected chi connectivity index (χ3v) is 11.9. The molecule has 0 saturated carbocycles. The van der Waals surface area contributed by atoms with E-state index in [1.54, 1.807) is 0 Å². The van der Waals surface area contributed by atoms with Gasteiger partial charge in [-0.2, -0.15) is 0 Å². The SMILES string of the molecule is CCCCCCCCCCCCCCCO[Si](CC)(CC)OCCCCCCCCCCCCCCC. The number of hydrogen-bond donors (Lipinski definition) is 0. The lowest BCUT2D eigenvalue weighted by atomic mass is 10.0. The first-order valence-electron chi connectivity index (χ1n) is 17.5. The Kier molecular flexibility index (Phi) is 30.8. The number of unbranched alkanes of at least 4 members (excludes halogenated alkanes) is 24. The fraction of sp³-hybridized carbons (Fsp3) is 1.00. The highest BCUT2D eigenvalue weighted by molar-refractivity contribution is 6.67. The van der Waals surface area contributed by atoms with Gasteiger partial charge < -0.3 is 8.85 Å². The quantitative estimate of drug-likeness (QED) is 0.0623. The van der Waals surface area contributed by atoms with Crippen molar-refractivity contribution in [3.05, 3.63) is 0 Å².